The van der Waals surface area contributed by atoms with E-state index in [1.165, 1.54) is 18.9 Å². The third kappa shape index (κ3) is 3.07. The van der Waals surface area contributed by atoms with Crippen molar-refractivity contribution in [1.82, 2.24) is 0 Å². The number of hydrogen-bond donors (Lipinski definition) is 1. The average Bonchev–Trinajstić information content (AvgIpc) is 3.13. The van der Waals surface area contributed by atoms with Crippen LogP contribution in [0, 0.1) is 5.92 Å². The molecule has 1 saturated carbocycles. The number of anilines is 1. The highest BCUT2D eigenvalue weighted by molar-refractivity contribution is 8.00. The number of benzene rings is 1. The molecule has 0 amide bonds. The number of methoxy groups -OCH3 is 1. The summed E-state index contributed by atoms with van der Waals surface area (Å²) in [5.41, 5.74) is 6.36. The summed E-state index contributed by atoms with van der Waals surface area (Å²) in [6.45, 7) is 0. The number of hydrogen-bond acceptors (Lipinski definition) is 4. The van der Waals surface area contributed by atoms with Crippen LogP contribution in [0.15, 0.2) is 23.1 Å². The van der Waals surface area contributed by atoms with Crippen molar-refractivity contribution < 1.29 is 9.53 Å². The smallest absolute Gasteiger partial charge is 0.319 e. The molecule has 0 aromatic heterocycles. The van der Waals surface area contributed by atoms with Crippen molar-refractivity contribution in [2.75, 3.05) is 12.8 Å². The second kappa shape index (κ2) is 5.19. The Morgan fingerprint density at radius 1 is 1.59 bits per heavy atom. The number of nitrogens with two attached hydrogens (primary N) is 1. The van der Waals surface area contributed by atoms with E-state index in [1.54, 1.807) is 18.2 Å². The Kier molecular flexibility index (Phi) is 3.84. The first-order valence-electron chi connectivity index (χ1n) is 5.41. The van der Waals surface area contributed by atoms with E-state index in [0.717, 1.165) is 17.7 Å². The molecule has 0 saturated heterocycles. The van der Waals surface area contributed by atoms with Gasteiger partial charge in [0.05, 0.1) is 12.1 Å². The van der Waals surface area contributed by atoms with Gasteiger partial charge in [0.2, 0.25) is 0 Å². The maximum absolute atomic E-state index is 11.7. The molecular formula is C12H14ClNO2S. The van der Waals surface area contributed by atoms with Crippen LogP contribution in [-0.2, 0) is 9.53 Å². The van der Waals surface area contributed by atoms with Crippen LogP contribution in [0.3, 0.4) is 0 Å². The fourth-order valence-corrected chi connectivity index (χ4v) is 3.17. The number of nitrogen functional groups attached to an aromatic ring is 1. The molecule has 1 aromatic carbocycles. The number of carbonyl (C=O) groups excluding carboxylic acids is 1. The lowest BCUT2D eigenvalue weighted by atomic mass is 10.3. The van der Waals surface area contributed by atoms with Gasteiger partial charge in [0, 0.05) is 10.6 Å². The Morgan fingerprint density at radius 2 is 2.29 bits per heavy atom. The maximum atomic E-state index is 11.7. The fourth-order valence-electron chi connectivity index (χ4n) is 1.60. The molecule has 1 aliphatic rings. The predicted molar refractivity (Wildman–Crippen MR) is 70.2 cm³/mol. The molecule has 1 unspecified atom stereocenters. The molecule has 0 aliphatic heterocycles. The molecule has 3 nitrogen and oxygen atoms in total. The maximum Gasteiger partial charge on any atom is 0.319 e. The molecule has 0 spiro atoms. The van der Waals surface area contributed by atoms with Gasteiger partial charge >= 0.3 is 5.97 Å². The van der Waals surface area contributed by atoms with Crippen LogP contribution in [0.25, 0.3) is 0 Å². The summed E-state index contributed by atoms with van der Waals surface area (Å²) in [7, 11) is 1.42. The molecule has 2 rings (SSSR count). The van der Waals surface area contributed by atoms with Gasteiger partial charge in [0.15, 0.2) is 0 Å². The Labute approximate surface area is 110 Å². The van der Waals surface area contributed by atoms with Crippen LogP contribution < -0.4 is 5.73 Å². The van der Waals surface area contributed by atoms with E-state index in [-0.39, 0.29) is 11.2 Å². The molecule has 17 heavy (non-hydrogen) atoms. The van der Waals surface area contributed by atoms with Gasteiger partial charge in [-0.15, -0.1) is 11.8 Å². The van der Waals surface area contributed by atoms with Gasteiger partial charge in [-0.25, -0.2) is 0 Å². The van der Waals surface area contributed by atoms with Crippen LogP contribution in [0.5, 0.6) is 0 Å². The summed E-state index contributed by atoms with van der Waals surface area (Å²) in [6.07, 6.45) is 2.15. The normalized spacial score (nSPS) is 16.6. The van der Waals surface area contributed by atoms with Crippen LogP contribution >= 0.6 is 23.4 Å². The molecule has 1 fully saturated rings. The van der Waals surface area contributed by atoms with Gasteiger partial charge < -0.3 is 10.5 Å². The molecule has 0 heterocycles. The molecule has 5 heteroatoms. The van der Waals surface area contributed by atoms with Crippen LogP contribution in [0.2, 0.25) is 5.02 Å². The lowest BCUT2D eigenvalue weighted by molar-refractivity contribution is -0.140. The predicted octanol–water partition coefficient (Wildman–Crippen LogP) is 2.97. The van der Waals surface area contributed by atoms with Crippen molar-refractivity contribution in [3.05, 3.63) is 23.2 Å². The summed E-state index contributed by atoms with van der Waals surface area (Å²) in [5.74, 6) is 0.223. The van der Waals surface area contributed by atoms with Crippen LogP contribution in [0.1, 0.15) is 12.8 Å². The van der Waals surface area contributed by atoms with Crippen molar-refractivity contribution >= 4 is 35.0 Å². The van der Waals surface area contributed by atoms with Crippen molar-refractivity contribution in [2.45, 2.75) is 23.0 Å². The first-order chi connectivity index (χ1) is 8.11. The molecule has 0 bridgehead atoms. The minimum Gasteiger partial charge on any atom is -0.468 e. The Morgan fingerprint density at radius 3 is 2.88 bits per heavy atom. The van der Waals surface area contributed by atoms with Crippen molar-refractivity contribution in [2.24, 2.45) is 5.92 Å². The first kappa shape index (κ1) is 12.6. The van der Waals surface area contributed by atoms with Crippen LogP contribution in [0.4, 0.5) is 5.69 Å². The van der Waals surface area contributed by atoms with Crippen molar-refractivity contribution in [3.8, 4) is 0 Å². The zero-order chi connectivity index (χ0) is 12.4. The average molecular weight is 272 g/mol. The number of carbonyl (C=O) groups is 1. The lowest BCUT2D eigenvalue weighted by Gasteiger charge is -2.14. The third-order valence-corrected chi connectivity index (χ3v) is 4.56. The topological polar surface area (TPSA) is 52.3 Å². The molecular weight excluding hydrogens is 258 g/mol. The van der Waals surface area contributed by atoms with Gasteiger partial charge in [-0.3, -0.25) is 4.79 Å². The number of thioether (sulfide) groups is 1. The van der Waals surface area contributed by atoms with E-state index in [4.69, 9.17) is 22.1 Å². The Hall–Kier alpha value is -0.870. The SMILES string of the molecule is COC(=O)C(Sc1cc(N)ccc1Cl)C1CC1. The monoisotopic (exact) mass is 271 g/mol. The second-order valence-electron chi connectivity index (χ2n) is 4.09. The van der Waals surface area contributed by atoms with Gasteiger partial charge in [-0.2, -0.15) is 0 Å². The first-order valence-corrected chi connectivity index (χ1v) is 6.67. The number of rotatable bonds is 4. The fraction of sp³-hybridized carbons (Fsp3) is 0.417. The van der Waals surface area contributed by atoms with E-state index in [0.29, 0.717) is 16.6 Å². The Balaban J connectivity index is 2.16. The highest BCUT2D eigenvalue weighted by atomic mass is 35.5. The number of halogens is 1. The summed E-state index contributed by atoms with van der Waals surface area (Å²) in [5, 5.41) is 0.457. The third-order valence-electron chi connectivity index (χ3n) is 2.69. The van der Waals surface area contributed by atoms with Gasteiger partial charge in [0.25, 0.3) is 0 Å². The van der Waals surface area contributed by atoms with Crippen molar-refractivity contribution in [3.63, 3.8) is 0 Å². The minimum absolute atomic E-state index is 0.167. The summed E-state index contributed by atoms with van der Waals surface area (Å²) < 4.78 is 4.82. The van der Waals surface area contributed by atoms with Gasteiger partial charge in [-0.1, -0.05) is 11.6 Å². The largest absolute Gasteiger partial charge is 0.468 e. The standard InChI is InChI=1S/C12H14ClNO2S/c1-16-12(15)11(7-2-3-7)17-10-6-8(14)4-5-9(10)13/h4-7,11H,2-3,14H2,1H3. The highest BCUT2D eigenvalue weighted by Gasteiger charge is 2.38. The van der Waals surface area contributed by atoms with Crippen LogP contribution in [-0.4, -0.2) is 18.3 Å². The van der Waals surface area contributed by atoms with E-state index in [9.17, 15) is 4.79 Å². The van der Waals surface area contributed by atoms with Gasteiger partial charge in [0.1, 0.15) is 5.25 Å². The highest BCUT2D eigenvalue weighted by Crippen LogP contribution is 2.44. The molecule has 92 valence electrons. The van der Waals surface area contributed by atoms with Gasteiger partial charge in [-0.05, 0) is 37.0 Å². The van der Waals surface area contributed by atoms with E-state index >= 15 is 0 Å². The molecule has 2 N–H and O–H groups in total. The molecule has 1 atom stereocenters. The molecule has 0 radical (unpaired) electrons. The van der Waals surface area contributed by atoms with Crippen molar-refractivity contribution in [1.29, 1.82) is 0 Å². The molecule has 1 aromatic rings. The number of ether oxygens (including phenoxy) is 1. The van der Waals surface area contributed by atoms with E-state index in [1.807, 2.05) is 0 Å². The summed E-state index contributed by atoms with van der Waals surface area (Å²) >= 11 is 7.53. The van der Waals surface area contributed by atoms with E-state index < -0.39 is 0 Å². The number of esters is 1. The summed E-state index contributed by atoms with van der Waals surface area (Å²) in [6, 6.07) is 5.29. The summed E-state index contributed by atoms with van der Waals surface area (Å²) in [4.78, 5) is 12.5. The Bertz CT molecular complexity index is 435. The minimum atomic E-state index is -0.184. The lowest BCUT2D eigenvalue weighted by Crippen LogP contribution is -2.20. The zero-order valence-corrected chi connectivity index (χ0v) is 11.1. The van der Waals surface area contributed by atoms with E-state index in [2.05, 4.69) is 0 Å². The second-order valence-corrected chi connectivity index (χ2v) is 5.68. The quantitative estimate of drug-likeness (QED) is 0.520. The molecule has 1 aliphatic carbocycles. The zero-order valence-electron chi connectivity index (χ0n) is 9.48.